The molecule has 3 nitrogen and oxygen atoms in total. The van der Waals surface area contributed by atoms with Crippen LogP contribution in [0.5, 0.6) is 11.5 Å². The van der Waals surface area contributed by atoms with E-state index in [1.807, 2.05) is 35.9 Å². The predicted octanol–water partition coefficient (Wildman–Crippen LogP) is -1.00. The van der Waals surface area contributed by atoms with E-state index in [2.05, 4.69) is 0 Å². The number of aromatic hydroxyl groups is 2. The van der Waals surface area contributed by atoms with Crippen molar-refractivity contribution in [2.45, 2.75) is 13.8 Å². The Bertz CT molecular complexity index is 541. The minimum absolute atomic E-state index is 0. The van der Waals surface area contributed by atoms with Crippen LogP contribution in [0.25, 0.3) is 5.69 Å². The first kappa shape index (κ1) is 13.3. The molecule has 0 unspecified atom stereocenters. The van der Waals surface area contributed by atoms with Crippen molar-refractivity contribution in [3.63, 3.8) is 0 Å². The number of nitrogens with zero attached hydrogens (tertiary/aromatic N) is 1. The van der Waals surface area contributed by atoms with Gasteiger partial charge in [-0.25, -0.2) is 0 Å². The van der Waals surface area contributed by atoms with Gasteiger partial charge in [0.1, 0.15) is 5.75 Å². The lowest BCUT2D eigenvalue weighted by Gasteiger charge is -2.04. The first-order chi connectivity index (χ1) is 7.59. The van der Waals surface area contributed by atoms with Gasteiger partial charge in [0.2, 0.25) is 0 Å². The Hall–Kier alpha value is -1.74. The zero-order valence-corrected chi connectivity index (χ0v) is 10.4. The zero-order valence-electron chi connectivity index (χ0n) is 9.68. The third-order valence-electron chi connectivity index (χ3n) is 2.62. The van der Waals surface area contributed by atoms with Crippen molar-refractivity contribution in [1.29, 1.82) is 0 Å². The molecule has 0 saturated heterocycles. The normalized spacial score (nSPS) is 9.76. The second-order valence-corrected chi connectivity index (χ2v) is 3.84. The van der Waals surface area contributed by atoms with Crippen LogP contribution in [-0.2, 0) is 0 Å². The van der Waals surface area contributed by atoms with Gasteiger partial charge in [-0.1, -0.05) is 6.07 Å². The lowest BCUT2D eigenvalue weighted by atomic mass is 10.1. The monoisotopic (exact) mass is 251 g/mol. The number of hydrogen-bond acceptors (Lipinski definition) is 2. The van der Waals surface area contributed by atoms with Crippen LogP contribution in [0.15, 0.2) is 36.5 Å². The highest BCUT2D eigenvalue weighted by molar-refractivity contribution is 5.48. The topological polar surface area (TPSA) is 44.3 Å². The number of pyridine rings is 1. The maximum Gasteiger partial charge on any atom is 0.256 e. The first-order valence-corrected chi connectivity index (χ1v) is 5.10. The minimum atomic E-state index is 0. The van der Waals surface area contributed by atoms with Crippen molar-refractivity contribution in [3.05, 3.63) is 47.8 Å². The number of rotatable bonds is 1. The highest BCUT2D eigenvalue weighted by atomic mass is 35.5. The summed E-state index contributed by atoms with van der Waals surface area (Å²) in [7, 11) is 0. The number of aromatic nitrogens is 1. The Morgan fingerprint density at radius 1 is 1.00 bits per heavy atom. The Kier molecular flexibility index (Phi) is 3.97. The van der Waals surface area contributed by atoms with Crippen LogP contribution >= 0.6 is 0 Å². The van der Waals surface area contributed by atoms with Crippen molar-refractivity contribution >= 4 is 0 Å². The molecule has 2 aromatic rings. The number of phenols is 2. The minimum Gasteiger partial charge on any atom is -1.00 e. The standard InChI is InChI=1S/C13H13NO2.ClH/c1-9-7-13(16)11(8-12(9)15)14-6-4-3-5-10(14)2;/h3-8H,1-2H3,(H-,15,16);1H. The van der Waals surface area contributed by atoms with E-state index in [4.69, 9.17) is 0 Å². The third kappa shape index (κ3) is 2.50. The van der Waals surface area contributed by atoms with Crippen molar-refractivity contribution in [3.8, 4) is 17.2 Å². The summed E-state index contributed by atoms with van der Waals surface area (Å²) in [6, 6.07) is 8.87. The molecule has 0 aliphatic carbocycles. The van der Waals surface area contributed by atoms with Crippen LogP contribution in [0.3, 0.4) is 0 Å². The number of aryl methyl sites for hydroxylation is 2. The second kappa shape index (κ2) is 5.06. The van der Waals surface area contributed by atoms with Gasteiger partial charge in [0, 0.05) is 19.1 Å². The molecule has 1 aromatic heterocycles. The quantitative estimate of drug-likeness (QED) is 0.504. The van der Waals surface area contributed by atoms with E-state index >= 15 is 0 Å². The molecular formula is C13H14ClNO2. The summed E-state index contributed by atoms with van der Waals surface area (Å²) in [6.07, 6.45) is 1.85. The van der Waals surface area contributed by atoms with Crippen LogP contribution in [0.4, 0.5) is 0 Å². The van der Waals surface area contributed by atoms with Crippen LogP contribution < -0.4 is 17.0 Å². The predicted molar refractivity (Wildman–Crippen MR) is 60.8 cm³/mol. The van der Waals surface area contributed by atoms with Gasteiger partial charge < -0.3 is 22.6 Å². The molecule has 0 bridgehead atoms. The fourth-order valence-electron chi connectivity index (χ4n) is 1.66. The highest BCUT2D eigenvalue weighted by Crippen LogP contribution is 2.26. The molecule has 4 heteroatoms. The molecule has 0 spiro atoms. The summed E-state index contributed by atoms with van der Waals surface area (Å²) in [5, 5.41) is 19.5. The van der Waals surface area contributed by atoms with E-state index in [1.165, 1.54) is 0 Å². The maximum atomic E-state index is 9.86. The van der Waals surface area contributed by atoms with E-state index in [-0.39, 0.29) is 23.9 Å². The van der Waals surface area contributed by atoms with Gasteiger partial charge in [-0.15, -0.1) is 0 Å². The summed E-state index contributed by atoms with van der Waals surface area (Å²) in [4.78, 5) is 0. The molecule has 2 rings (SSSR count). The van der Waals surface area contributed by atoms with Crippen molar-refractivity contribution in [2.75, 3.05) is 0 Å². The molecule has 0 fully saturated rings. The summed E-state index contributed by atoms with van der Waals surface area (Å²) in [5.41, 5.74) is 2.23. The molecule has 0 aliphatic rings. The first-order valence-electron chi connectivity index (χ1n) is 5.10. The number of benzene rings is 1. The molecule has 90 valence electrons. The third-order valence-corrected chi connectivity index (χ3v) is 2.62. The van der Waals surface area contributed by atoms with E-state index < -0.39 is 0 Å². The molecule has 0 atom stereocenters. The zero-order chi connectivity index (χ0) is 11.7. The van der Waals surface area contributed by atoms with Gasteiger partial charge >= 0.3 is 0 Å². The van der Waals surface area contributed by atoms with Gasteiger partial charge in [0.05, 0.1) is 6.07 Å². The van der Waals surface area contributed by atoms with E-state index in [1.54, 1.807) is 19.1 Å². The fourth-order valence-corrected chi connectivity index (χ4v) is 1.66. The molecule has 1 aromatic carbocycles. The molecular weight excluding hydrogens is 238 g/mol. The molecule has 0 saturated carbocycles. The van der Waals surface area contributed by atoms with Crippen molar-refractivity contribution < 1.29 is 27.2 Å². The second-order valence-electron chi connectivity index (χ2n) is 3.84. The lowest BCUT2D eigenvalue weighted by Crippen LogP contribution is -3.00. The number of hydrogen-bond donors (Lipinski definition) is 2. The average molecular weight is 252 g/mol. The SMILES string of the molecule is Cc1cc(O)c(-[n+]2ccccc2C)cc1O.[Cl-]. The van der Waals surface area contributed by atoms with Crippen LogP contribution in [0.1, 0.15) is 11.3 Å². The molecule has 0 aliphatic heterocycles. The van der Waals surface area contributed by atoms with Crippen molar-refractivity contribution in [1.82, 2.24) is 0 Å². The Balaban J connectivity index is 0.00000144. The van der Waals surface area contributed by atoms with Crippen LogP contribution in [0, 0.1) is 13.8 Å². The average Bonchev–Trinajstić information content (AvgIpc) is 2.25. The number of halogens is 1. The van der Waals surface area contributed by atoms with Gasteiger partial charge in [-0.2, -0.15) is 4.57 Å². The Morgan fingerprint density at radius 2 is 1.71 bits per heavy atom. The summed E-state index contributed by atoms with van der Waals surface area (Å²) in [5.74, 6) is 0.346. The van der Waals surface area contributed by atoms with E-state index in [9.17, 15) is 10.2 Å². The largest absolute Gasteiger partial charge is 1.00 e. The van der Waals surface area contributed by atoms with Gasteiger partial charge in [-0.3, -0.25) is 0 Å². The Morgan fingerprint density at radius 3 is 2.35 bits per heavy atom. The van der Waals surface area contributed by atoms with Gasteiger partial charge in [-0.05, 0) is 18.6 Å². The lowest BCUT2D eigenvalue weighted by molar-refractivity contribution is -0.603. The number of phenolic OH excluding ortho intramolecular Hbond substituents is 2. The van der Waals surface area contributed by atoms with Gasteiger partial charge in [0.25, 0.3) is 5.69 Å². The molecule has 0 amide bonds. The molecule has 1 heterocycles. The summed E-state index contributed by atoms with van der Waals surface area (Å²) in [6.45, 7) is 3.69. The van der Waals surface area contributed by atoms with E-state index in [0.717, 1.165) is 5.69 Å². The van der Waals surface area contributed by atoms with Crippen LogP contribution in [-0.4, -0.2) is 10.2 Å². The highest BCUT2D eigenvalue weighted by Gasteiger charge is 2.16. The summed E-state index contributed by atoms with van der Waals surface area (Å²) < 4.78 is 1.83. The fraction of sp³-hybridized carbons (Fsp3) is 0.154. The molecule has 0 radical (unpaired) electrons. The van der Waals surface area contributed by atoms with Crippen LogP contribution in [0.2, 0.25) is 0 Å². The smallest absolute Gasteiger partial charge is 0.256 e. The molecule has 17 heavy (non-hydrogen) atoms. The maximum absolute atomic E-state index is 9.86. The summed E-state index contributed by atoms with van der Waals surface area (Å²) >= 11 is 0. The Labute approximate surface area is 106 Å². The van der Waals surface area contributed by atoms with Crippen molar-refractivity contribution in [2.24, 2.45) is 0 Å². The van der Waals surface area contributed by atoms with E-state index in [0.29, 0.717) is 11.3 Å². The van der Waals surface area contributed by atoms with Gasteiger partial charge in [0.15, 0.2) is 17.6 Å². The molecule has 2 N–H and O–H groups in total.